The molecule has 1 heterocycles. The Hall–Kier alpha value is -1.79. The molecule has 0 fully saturated rings. The van der Waals surface area contributed by atoms with E-state index in [4.69, 9.17) is 51.1 Å². The van der Waals surface area contributed by atoms with Crippen molar-refractivity contribution in [2.24, 2.45) is 0 Å². The van der Waals surface area contributed by atoms with E-state index in [-0.39, 0.29) is 37.8 Å². The zero-order chi connectivity index (χ0) is 19.0. The Labute approximate surface area is 168 Å². The van der Waals surface area contributed by atoms with Crippen molar-refractivity contribution in [3.8, 4) is 0 Å². The first-order valence-electron chi connectivity index (χ1n) is 7.24. The number of hydrogen-bond acceptors (Lipinski definition) is 4. The molecule has 1 aliphatic heterocycles. The molecule has 26 heavy (non-hydrogen) atoms. The molecule has 0 bridgehead atoms. The second-order valence-electron chi connectivity index (χ2n) is 5.35. The number of benzene rings is 2. The van der Waals surface area contributed by atoms with Gasteiger partial charge in [0.1, 0.15) is 13.2 Å². The molecule has 1 aliphatic rings. The van der Waals surface area contributed by atoms with Crippen molar-refractivity contribution in [2.75, 3.05) is 6.54 Å². The van der Waals surface area contributed by atoms with Crippen molar-refractivity contribution < 1.29 is 19.1 Å². The molecule has 0 atom stereocenters. The van der Waals surface area contributed by atoms with Crippen LogP contribution in [0.15, 0.2) is 30.3 Å². The number of hydrogen-bond donors (Lipinski definition) is 0. The van der Waals surface area contributed by atoms with Gasteiger partial charge in [0.25, 0.3) is 11.8 Å². The lowest BCUT2D eigenvalue weighted by Crippen LogP contribution is -2.35. The van der Waals surface area contributed by atoms with Crippen LogP contribution in [-0.4, -0.2) is 29.2 Å². The maximum Gasteiger partial charge on any atom is 0.326 e. The SMILES string of the molecule is O=C(CN1C(=O)c2c(Cl)c(Cl)c(Cl)c(Cl)c2C1=O)OCc1ccccc1. The molecule has 2 amide bonds. The van der Waals surface area contributed by atoms with Crippen molar-refractivity contribution in [3.05, 3.63) is 67.1 Å². The summed E-state index contributed by atoms with van der Waals surface area (Å²) in [5.74, 6) is -2.33. The number of esters is 1. The molecule has 3 rings (SSSR count). The Morgan fingerprint density at radius 1 is 0.846 bits per heavy atom. The van der Waals surface area contributed by atoms with Crippen LogP contribution in [0, 0.1) is 0 Å². The highest BCUT2D eigenvalue weighted by atomic mass is 35.5. The maximum absolute atomic E-state index is 12.5. The van der Waals surface area contributed by atoms with Gasteiger partial charge in [-0.3, -0.25) is 19.3 Å². The Kier molecular flexibility index (Phi) is 5.44. The first-order chi connectivity index (χ1) is 12.3. The summed E-state index contributed by atoms with van der Waals surface area (Å²) in [6.45, 7) is -0.566. The maximum atomic E-state index is 12.5. The lowest BCUT2D eigenvalue weighted by Gasteiger charge is -2.13. The molecule has 0 spiro atoms. The van der Waals surface area contributed by atoms with Crippen LogP contribution in [0.3, 0.4) is 0 Å². The number of carbonyl (C=O) groups is 3. The normalized spacial score (nSPS) is 13.2. The predicted octanol–water partition coefficient (Wildman–Crippen LogP) is 4.64. The summed E-state index contributed by atoms with van der Waals surface area (Å²) < 4.78 is 5.09. The van der Waals surface area contributed by atoms with Gasteiger partial charge in [-0.25, -0.2) is 0 Å². The minimum absolute atomic E-state index is 0.0159. The number of carbonyl (C=O) groups excluding carboxylic acids is 3. The van der Waals surface area contributed by atoms with E-state index in [1.807, 2.05) is 6.07 Å². The van der Waals surface area contributed by atoms with Crippen molar-refractivity contribution in [1.29, 1.82) is 0 Å². The third-order valence-corrected chi connectivity index (χ3v) is 5.52. The zero-order valence-corrected chi connectivity index (χ0v) is 15.9. The Morgan fingerprint density at radius 3 is 1.85 bits per heavy atom. The van der Waals surface area contributed by atoms with E-state index in [1.165, 1.54) is 0 Å². The average Bonchev–Trinajstić information content (AvgIpc) is 2.88. The minimum Gasteiger partial charge on any atom is -0.459 e. The molecule has 0 aromatic heterocycles. The molecule has 0 saturated carbocycles. The largest absolute Gasteiger partial charge is 0.459 e. The van der Waals surface area contributed by atoms with Crippen molar-refractivity contribution >= 4 is 64.2 Å². The van der Waals surface area contributed by atoms with E-state index in [1.54, 1.807) is 24.3 Å². The molecule has 0 N–H and O–H groups in total. The number of rotatable bonds is 4. The number of amides is 2. The topological polar surface area (TPSA) is 63.7 Å². The molecule has 0 radical (unpaired) electrons. The standard InChI is InChI=1S/C17H9Cl4NO4/c18-12-10-11(13(19)15(21)14(12)20)17(25)22(16(10)24)6-9(23)26-7-8-4-2-1-3-5-8/h1-5H,6-7H2. The summed E-state index contributed by atoms with van der Waals surface area (Å²) >= 11 is 23.9. The summed E-state index contributed by atoms with van der Waals surface area (Å²) in [6, 6.07) is 8.97. The van der Waals surface area contributed by atoms with Gasteiger partial charge in [0.15, 0.2) is 0 Å². The lowest BCUT2D eigenvalue weighted by molar-refractivity contribution is -0.145. The van der Waals surface area contributed by atoms with Gasteiger partial charge in [0.05, 0.1) is 31.2 Å². The molecule has 0 unspecified atom stereocenters. The predicted molar refractivity (Wildman–Crippen MR) is 98.1 cm³/mol. The van der Waals surface area contributed by atoms with Gasteiger partial charge >= 0.3 is 5.97 Å². The molecule has 134 valence electrons. The summed E-state index contributed by atoms with van der Waals surface area (Å²) in [5.41, 5.74) is 0.423. The number of halogens is 4. The third-order valence-electron chi connectivity index (χ3n) is 3.71. The fourth-order valence-electron chi connectivity index (χ4n) is 2.45. The molecule has 0 aliphatic carbocycles. The van der Waals surface area contributed by atoms with Crippen molar-refractivity contribution in [3.63, 3.8) is 0 Å². The molecular formula is C17H9Cl4NO4. The first kappa shape index (κ1) is 19.0. The van der Waals surface area contributed by atoms with Gasteiger partial charge in [0, 0.05) is 0 Å². The summed E-state index contributed by atoms with van der Waals surface area (Å²) in [4.78, 5) is 37.7. The van der Waals surface area contributed by atoms with E-state index in [9.17, 15) is 14.4 Å². The fourth-order valence-corrected chi connectivity index (χ4v) is 3.47. The number of ether oxygens (including phenoxy) is 1. The van der Waals surface area contributed by atoms with Crippen molar-refractivity contribution in [2.45, 2.75) is 6.61 Å². The third kappa shape index (κ3) is 3.28. The van der Waals surface area contributed by atoms with Crippen LogP contribution in [0.25, 0.3) is 0 Å². The van der Waals surface area contributed by atoms with E-state index in [0.29, 0.717) is 4.90 Å². The van der Waals surface area contributed by atoms with Gasteiger partial charge in [-0.05, 0) is 5.56 Å². The fraction of sp³-hybridized carbons (Fsp3) is 0.118. The van der Waals surface area contributed by atoms with Crippen LogP contribution in [-0.2, 0) is 16.1 Å². The van der Waals surface area contributed by atoms with Crippen LogP contribution in [0.5, 0.6) is 0 Å². The van der Waals surface area contributed by atoms with Gasteiger partial charge in [0.2, 0.25) is 0 Å². The lowest BCUT2D eigenvalue weighted by atomic mass is 10.1. The van der Waals surface area contributed by atoms with Gasteiger partial charge in [-0.1, -0.05) is 76.7 Å². The van der Waals surface area contributed by atoms with Crippen molar-refractivity contribution in [1.82, 2.24) is 4.90 Å². The number of nitrogens with zero attached hydrogens (tertiary/aromatic N) is 1. The minimum atomic E-state index is -0.785. The van der Waals surface area contributed by atoms with Crippen LogP contribution >= 0.6 is 46.4 Å². The van der Waals surface area contributed by atoms with Gasteiger partial charge in [-0.2, -0.15) is 0 Å². The number of fused-ring (bicyclic) bond motifs is 1. The highest BCUT2D eigenvalue weighted by Crippen LogP contribution is 2.44. The average molecular weight is 433 g/mol. The summed E-state index contributed by atoms with van der Waals surface area (Å²) in [5, 5.41) is -0.636. The van der Waals surface area contributed by atoms with E-state index < -0.39 is 24.3 Å². The van der Waals surface area contributed by atoms with E-state index in [0.717, 1.165) is 5.56 Å². The molecular weight excluding hydrogens is 424 g/mol. The van der Waals surface area contributed by atoms with Gasteiger partial charge < -0.3 is 4.74 Å². The Bertz CT molecular complexity index is 883. The van der Waals surface area contributed by atoms with Crippen LogP contribution in [0.2, 0.25) is 20.1 Å². The molecule has 9 heteroatoms. The molecule has 2 aromatic rings. The Balaban J connectivity index is 1.79. The highest BCUT2D eigenvalue weighted by molar-refractivity contribution is 6.55. The molecule has 5 nitrogen and oxygen atoms in total. The van der Waals surface area contributed by atoms with E-state index >= 15 is 0 Å². The quantitative estimate of drug-likeness (QED) is 0.305. The summed E-state index contributed by atoms with van der Waals surface area (Å²) in [6.07, 6.45) is 0. The molecule has 2 aromatic carbocycles. The number of imide groups is 1. The zero-order valence-electron chi connectivity index (χ0n) is 12.9. The Morgan fingerprint density at radius 2 is 1.35 bits per heavy atom. The van der Waals surface area contributed by atoms with E-state index in [2.05, 4.69) is 0 Å². The summed E-state index contributed by atoms with van der Waals surface area (Å²) in [7, 11) is 0. The monoisotopic (exact) mass is 431 g/mol. The van der Waals surface area contributed by atoms with Crippen LogP contribution < -0.4 is 0 Å². The van der Waals surface area contributed by atoms with Crippen LogP contribution in [0.1, 0.15) is 26.3 Å². The second-order valence-corrected chi connectivity index (χ2v) is 6.86. The molecule has 0 saturated heterocycles. The first-order valence-corrected chi connectivity index (χ1v) is 8.75. The highest BCUT2D eigenvalue weighted by Gasteiger charge is 2.42. The van der Waals surface area contributed by atoms with Gasteiger partial charge in [-0.15, -0.1) is 0 Å². The van der Waals surface area contributed by atoms with Crippen LogP contribution in [0.4, 0.5) is 0 Å². The smallest absolute Gasteiger partial charge is 0.326 e. The second kappa shape index (κ2) is 7.45.